The molecule has 0 saturated carbocycles. The van der Waals surface area contributed by atoms with Gasteiger partial charge in [0.2, 0.25) is 41.4 Å². The zero-order valence-electron chi connectivity index (χ0n) is 44.4. The Morgan fingerprint density at radius 2 is 1.05 bits per heavy atom. The molecule has 0 aromatic heterocycles. The van der Waals surface area contributed by atoms with Gasteiger partial charge in [0, 0.05) is 19.3 Å². The molecular weight excluding hydrogens is 1460 g/mol. The maximum atomic E-state index is 13.7. The normalized spacial score (nSPS) is 13.5. The van der Waals surface area contributed by atoms with Crippen LogP contribution in [0.25, 0.3) is 0 Å². The fraction of sp³-hybridized carbons (Fsp3) is 0.527. The molecule has 3 rings (SSSR count). The minimum Gasteiger partial charge on any atom is -0.506 e. The monoisotopic (exact) mass is 1530 g/mol. The van der Waals surface area contributed by atoms with Crippen molar-refractivity contribution in [3.05, 3.63) is 80.0 Å². The maximum absolute atomic E-state index is 13.7. The van der Waals surface area contributed by atoms with Gasteiger partial charge in [-0.1, -0.05) is 108 Å². The van der Waals surface area contributed by atoms with Crippen molar-refractivity contribution in [2.75, 3.05) is 0 Å². The molecule has 0 spiro atoms. The number of rotatable bonds is 37. The lowest BCUT2D eigenvalue weighted by Crippen LogP contribution is -2.59. The number of halogens is 4. The van der Waals surface area contributed by atoms with E-state index < -0.39 is 90.1 Å². The molecule has 1 unspecified atom stereocenters. The Balaban J connectivity index is 1.34. The molecule has 0 aliphatic rings. The summed E-state index contributed by atoms with van der Waals surface area (Å²) in [6.07, 6.45) is 10.3. The van der Waals surface area contributed by atoms with E-state index in [0.717, 1.165) is 76.9 Å². The summed E-state index contributed by atoms with van der Waals surface area (Å²) in [7, 11) is 0. The second kappa shape index (κ2) is 36.3. The summed E-state index contributed by atoms with van der Waals surface area (Å²) >= 11 is 8.31. The van der Waals surface area contributed by atoms with Gasteiger partial charge in [0.25, 0.3) is 0 Å². The van der Waals surface area contributed by atoms with Crippen molar-refractivity contribution in [1.29, 1.82) is 0 Å². The third-order valence-corrected chi connectivity index (χ3v) is 15.8. The standard InChI is InChI=1S/C55H75I4N7O12/c1-32(2)25-43(52(73)64-42(51(61)72)28-35-26-39(58)50(40(59)27-35)78-36-29-37(56)49(71)38(57)30-36)65-54(75)48(33(3)67)66-47(70)22-18-13-11-9-7-5-4-6-8-10-12-17-21-46(69)62-44(31-45(60)68)53(74)63-41(55(76)77)24-23-34-19-15-14-16-20-34/h14-16,19-20,26-27,29-30,32-33,41-44,48,67,71H,4-13,17-18,21-25,28,31H2,1-3H3,(H2,60,68)(H2,61,72)(H,62,69)(H,63,74)(H,64,73)(H,65,75)(H,66,70)(H,76,77)/t33?,41-,42-,43-,44-,48-/m0/s1. The summed E-state index contributed by atoms with van der Waals surface area (Å²) in [4.78, 5) is 102. The molecule has 3 aromatic rings. The van der Waals surface area contributed by atoms with Gasteiger partial charge in [-0.05, 0) is 171 Å². The van der Waals surface area contributed by atoms with Gasteiger partial charge < -0.3 is 58.1 Å². The second-order valence-electron chi connectivity index (χ2n) is 19.8. The van der Waals surface area contributed by atoms with Crippen LogP contribution >= 0.6 is 90.4 Å². The number of ether oxygens (including phenoxy) is 1. The van der Waals surface area contributed by atoms with Gasteiger partial charge in [-0.2, -0.15) is 0 Å². The lowest BCUT2D eigenvalue weighted by atomic mass is 10.0. The van der Waals surface area contributed by atoms with E-state index in [0.29, 0.717) is 43.5 Å². The van der Waals surface area contributed by atoms with Crippen molar-refractivity contribution >= 4 is 138 Å². The first-order valence-electron chi connectivity index (χ1n) is 26.3. The molecule has 78 heavy (non-hydrogen) atoms. The number of primary amides is 2. The number of aryl methyl sites for hydroxylation is 1. The number of aliphatic hydroxyl groups excluding tert-OH is 1. The van der Waals surface area contributed by atoms with Crippen molar-refractivity contribution in [1.82, 2.24) is 26.6 Å². The Morgan fingerprint density at radius 1 is 0.577 bits per heavy atom. The maximum Gasteiger partial charge on any atom is 0.326 e. The minimum absolute atomic E-state index is 0.0557. The molecule has 0 radical (unpaired) electrons. The molecule has 7 amide bonds. The average Bonchev–Trinajstić information content (AvgIpc) is 3.37. The van der Waals surface area contributed by atoms with Crippen LogP contribution in [-0.2, 0) is 51.2 Å². The number of benzene rings is 3. The van der Waals surface area contributed by atoms with Gasteiger partial charge in [-0.3, -0.25) is 33.6 Å². The average molecular weight is 1530 g/mol. The molecule has 6 atom stereocenters. The number of aliphatic hydroxyl groups is 1. The number of phenolic OH excluding ortho intramolecular Hbond substituents is 1. The van der Waals surface area contributed by atoms with Gasteiger partial charge >= 0.3 is 5.97 Å². The lowest BCUT2D eigenvalue weighted by molar-refractivity contribution is -0.142. The van der Waals surface area contributed by atoms with Gasteiger partial charge in [0.05, 0.1) is 26.8 Å². The molecular formula is C55H75I4N7O12. The Labute approximate surface area is 511 Å². The Hall–Kier alpha value is -4.10. The van der Waals surface area contributed by atoms with E-state index in [1.807, 2.05) is 101 Å². The quantitative estimate of drug-likeness (QED) is 0.0198. The SMILES string of the molecule is CC(C)C[C@H](NC(=O)[C@@H](NC(=O)CCCCCCCCCCCCCCC(=O)N[C@@H](CC(N)=O)C(=O)N[C@@H](CCc1ccccc1)C(=O)O)C(C)O)C(=O)N[C@@H](Cc1cc(I)c(Oc2cc(I)c(O)c(I)c2)c(I)c1)C(N)=O. The third kappa shape index (κ3) is 26.0. The first kappa shape index (κ1) is 68.2. The zero-order valence-corrected chi connectivity index (χ0v) is 53.0. The van der Waals surface area contributed by atoms with E-state index in [1.165, 1.54) is 6.92 Å². The third-order valence-electron chi connectivity index (χ3n) is 12.6. The highest BCUT2D eigenvalue weighted by molar-refractivity contribution is 14.1. The van der Waals surface area contributed by atoms with Crippen molar-refractivity contribution in [3.63, 3.8) is 0 Å². The molecule has 430 valence electrons. The Bertz CT molecular complexity index is 2440. The number of carboxylic acids is 1. The number of carbonyl (C=O) groups is 8. The van der Waals surface area contributed by atoms with Crippen LogP contribution in [0, 0.1) is 20.2 Å². The molecule has 0 bridgehead atoms. The number of carbonyl (C=O) groups excluding carboxylic acids is 7. The minimum atomic E-state index is -1.32. The van der Waals surface area contributed by atoms with Crippen molar-refractivity contribution in [3.8, 4) is 17.2 Å². The Morgan fingerprint density at radius 3 is 1.53 bits per heavy atom. The predicted molar refractivity (Wildman–Crippen MR) is 330 cm³/mol. The van der Waals surface area contributed by atoms with E-state index in [1.54, 1.807) is 12.1 Å². The molecule has 23 heteroatoms. The molecule has 19 nitrogen and oxygen atoms in total. The summed E-state index contributed by atoms with van der Waals surface area (Å²) < 4.78 is 8.93. The number of hydrogen-bond donors (Lipinski definition) is 10. The summed E-state index contributed by atoms with van der Waals surface area (Å²) in [5, 5.41) is 43.4. The molecule has 0 aliphatic carbocycles. The van der Waals surface area contributed by atoms with Gasteiger partial charge in [0.1, 0.15) is 41.7 Å². The van der Waals surface area contributed by atoms with Crippen molar-refractivity contribution < 1.29 is 58.4 Å². The summed E-state index contributed by atoms with van der Waals surface area (Å²) in [6, 6.07) is 10.3. The van der Waals surface area contributed by atoms with Crippen LogP contribution in [0.15, 0.2) is 54.6 Å². The van der Waals surface area contributed by atoms with E-state index in [2.05, 4.69) is 71.8 Å². The number of unbranched alkanes of at least 4 members (excludes halogenated alkanes) is 11. The van der Waals surface area contributed by atoms with Crippen LogP contribution in [0.1, 0.15) is 141 Å². The number of carboxylic acid groups (broad SMARTS) is 1. The highest BCUT2D eigenvalue weighted by Crippen LogP contribution is 2.37. The van der Waals surface area contributed by atoms with Crippen LogP contribution in [0.5, 0.6) is 17.2 Å². The van der Waals surface area contributed by atoms with E-state index in [4.69, 9.17) is 16.2 Å². The van der Waals surface area contributed by atoms with Crippen LogP contribution in [0.3, 0.4) is 0 Å². The number of nitrogens with two attached hydrogens (primary N) is 2. The first-order valence-corrected chi connectivity index (χ1v) is 30.6. The van der Waals surface area contributed by atoms with Crippen molar-refractivity contribution in [2.45, 2.75) is 179 Å². The summed E-state index contributed by atoms with van der Waals surface area (Å²) in [6.45, 7) is 5.12. The zero-order chi connectivity index (χ0) is 57.9. The highest BCUT2D eigenvalue weighted by Gasteiger charge is 2.32. The van der Waals surface area contributed by atoms with Gasteiger partial charge in [-0.25, -0.2) is 4.79 Å². The van der Waals surface area contributed by atoms with E-state index >= 15 is 0 Å². The smallest absolute Gasteiger partial charge is 0.326 e. The molecule has 12 N–H and O–H groups in total. The summed E-state index contributed by atoms with van der Waals surface area (Å²) in [5.41, 5.74) is 12.7. The number of hydrogen-bond acceptors (Lipinski definition) is 11. The number of phenols is 1. The second-order valence-corrected chi connectivity index (χ2v) is 24.5. The largest absolute Gasteiger partial charge is 0.506 e. The fourth-order valence-corrected chi connectivity index (χ4v) is 12.2. The molecule has 3 aromatic carbocycles. The number of aromatic hydroxyl groups is 1. The molecule has 0 aliphatic heterocycles. The highest BCUT2D eigenvalue weighted by atomic mass is 127. The topological polar surface area (TPSA) is 319 Å². The van der Waals surface area contributed by atoms with Gasteiger partial charge in [-0.15, -0.1) is 0 Å². The first-order chi connectivity index (χ1) is 36.9. The Kier molecular flexibility index (Phi) is 31.7. The summed E-state index contributed by atoms with van der Waals surface area (Å²) in [5.74, 6) is -4.54. The van der Waals surface area contributed by atoms with Crippen LogP contribution in [-0.4, -0.2) is 99.0 Å². The van der Waals surface area contributed by atoms with Crippen LogP contribution in [0.4, 0.5) is 0 Å². The number of nitrogens with one attached hydrogen (secondary N) is 5. The molecule has 0 fully saturated rings. The van der Waals surface area contributed by atoms with E-state index in [-0.39, 0.29) is 43.8 Å². The molecule has 0 heterocycles. The number of aliphatic carboxylic acids is 1. The van der Waals surface area contributed by atoms with Crippen LogP contribution in [0.2, 0.25) is 0 Å². The number of amides is 7. The van der Waals surface area contributed by atoms with Crippen LogP contribution < -0.4 is 42.8 Å². The van der Waals surface area contributed by atoms with Gasteiger partial charge in [0.15, 0.2) is 5.75 Å². The fourth-order valence-electron chi connectivity index (χ4n) is 8.39. The van der Waals surface area contributed by atoms with Crippen molar-refractivity contribution in [2.24, 2.45) is 17.4 Å². The molecule has 0 saturated heterocycles. The lowest BCUT2D eigenvalue weighted by Gasteiger charge is -2.27. The van der Waals surface area contributed by atoms with E-state index in [9.17, 15) is 53.7 Å². The predicted octanol–water partition coefficient (Wildman–Crippen LogP) is 7.54.